The molecule has 3 aromatic heterocycles. The maximum atomic E-state index is 12.8. The van der Waals surface area contributed by atoms with Crippen molar-refractivity contribution in [2.24, 2.45) is 0 Å². The zero-order valence-corrected chi connectivity index (χ0v) is 16.2. The molecule has 0 atom stereocenters. The highest BCUT2D eigenvalue weighted by Gasteiger charge is 2.25. The van der Waals surface area contributed by atoms with Crippen LogP contribution in [-0.2, 0) is 23.1 Å². The molecule has 0 aliphatic carbocycles. The Morgan fingerprint density at radius 3 is 2.68 bits per heavy atom. The van der Waals surface area contributed by atoms with Gasteiger partial charge in [0, 0.05) is 48.9 Å². The van der Waals surface area contributed by atoms with Crippen molar-refractivity contribution < 1.29 is 12.9 Å². The summed E-state index contributed by atoms with van der Waals surface area (Å²) in [5.41, 5.74) is 3.21. The molecule has 0 fully saturated rings. The van der Waals surface area contributed by atoms with Crippen molar-refractivity contribution in [3.8, 4) is 11.3 Å². The van der Waals surface area contributed by atoms with Crippen LogP contribution in [0.25, 0.3) is 11.3 Å². The lowest BCUT2D eigenvalue weighted by Gasteiger charge is -2.15. The molecule has 0 aliphatic heterocycles. The molecule has 0 N–H and O–H groups in total. The third-order valence-corrected chi connectivity index (χ3v) is 7.14. The molecule has 0 bridgehead atoms. The molecule has 0 radical (unpaired) electrons. The minimum Gasteiger partial charge on any atom is -0.356 e. The Morgan fingerprint density at radius 1 is 1.32 bits per heavy atom. The van der Waals surface area contributed by atoms with E-state index in [4.69, 9.17) is 4.52 Å². The van der Waals surface area contributed by atoms with Crippen LogP contribution in [-0.4, -0.2) is 34.7 Å². The lowest BCUT2D eigenvalue weighted by atomic mass is 10.2. The largest absolute Gasteiger partial charge is 0.356 e. The monoisotopic (exact) mass is 380 g/mol. The standard InChI is InChI=1S/C16H20N4O3S2/c1-5-20-9-14(12(3)17-20)8-19(4)25(21,22)16-7-13(10-24-16)15-6-11(2)18-23-15/h6-7,9-10H,5,8H2,1-4H3. The lowest BCUT2D eigenvalue weighted by molar-refractivity contribution is 0.427. The first-order valence-electron chi connectivity index (χ1n) is 7.82. The number of aryl methyl sites for hydroxylation is 3. The number of hydrogen-bond acceptors (Lipinski definition) is 6. The first-order chi connectivity index (χ1) is 11.8. The number of nitrogens with zero attached hydrogens (tertiary/aromatic N) is 4. The van der Waals surface area contributed by atoms with E-state index in [1.807, 2.05) is 27.0 Å². The predicted molar refractivity (Wildman–Crippen MR) is 95.8 cm³/mol. The molecule has 9 heteroatoms. The van der Waals surface area contributed by atoms with E-state index in [0.29, 0.717) is 11.3 Å². The van der Waals surface area contributed by atoms with Crippen molar-refractivity contribution in [2.75, 3.05) is 7.05 Å². The number of thiophene rings is 1. The van der Waals surface area contributed by atoms with Gasteiger partial charge in [0.15, 0.2) is 5.76 Å². The van der Waals surface area contributed by atoms with Crippen molar-refractivity contribution in [3.63, 3.8) is 0 Å². The van der Waals surface area contributed by atoms with Gasteiger partial charge >= 0.3 is 0 Å². The van der Waals surface area contributed by atoms with E-state index >= 15 is 0 Å². The van der Waals surface area contributed by atoms with Crippen LogP contribution in [0.5, 0.6) is 0 Å². The maximum Gasteiger partial charge on any atom is 0.252 e. The average Bonchev–Trinajstić information content (AvgIpc) is 3.27. The van der Waals surface area contributed by atoms with Crippen LogP contribution in [0.15, 0.2) is 32.4 Å². The summed E-state index contributed by atoms with van der Waals surface area (Å²) in [5.74, 6) is 0.568. The first kappa shape index (κ1) is 17.8. The molecule has 3 aromatic rings. The van der Waals surface area contributed by atoms with Crippen molar-refractivity contribution in [1.29, 1.82) is 0 Å². The molecule has 134 valence electrons. The van der Waals surface area contributed by atoms with Crippen LogP contribution in [0.1, 0.15) is 23.9 Å². The van der Waals surface area contributed by atoms with Gasteiger partial charge in [0.25, 0.3) is 10.0 Å². The van der Waals surface area contributed by atoms with Crippen molar-refractivity contribution in [1.82, 2.24) is 19.2 Å². The van der Waals surface area contributed by atoms with Gasteiger partial charge in [0.2, 0.25) is 0 Å². The summed E-state index contributed by atoms with van der Waals surface area (Å²) in [4.78, 5) is 0. The summed E-state index contributed by atoms with van der Waals surface area (Å²) in [6.45, 7) is 6.74. The molecule has 3 rings (SSSR count). The van der Waals surface area contributed by atoms with Crippen LogP contribution in [0.3, 0.4) is 0 Å². The van der Waals surface area contributed by atoms with E-state index in [1.54, 1.807) is 29.2 Å². The summed E-state index contributed by atoms with van der Waals surface area (Å²) < 4.78 is 34.3. The second-order valence-corrected chi connectivity index (χ2v) is 9.03. The number of sulfonamides is 1. The van der Waals surface area contributed by atoms with Crippen molar-refractivity contribution in [3.05, 3.63) is 40.7 Å². The molecule has 0 spiro atoms. The molecule has 3 heterocycles. The second kappa shape index (κ2) is 6.74. The van der Waals surface area contributed by atoms with Crippen molar-refractivity contribution in [2.45, 2.75) is 38.1 Å². The number of aromatic nitrogens is 3. The van der Waals surface area contributed by atoms with Crippen LogP contribution in [0, 0.1) is 13.8 Å². The van der Waals surface area contributed by atoms with E-state index in [2.05, 4.69) is 10.3 Å². The molecule has 0 unspecified atom stereocenters. The molecule has 0 aromatic carbocycles. The maximum absolute atomic E-state index is 12.8. The van der Waals surface area contributed by atoms with E-state index in [-0.39, 0.29) is 10.8 Å². The van der Waals surface area contributed by atoms with Gasteiger partial charge in [0.05, 0.1) is 11.4 Å². The Bertz CT molecular complexity index is 985. The van der Waals surface area contributed by atoms with Gasteiger partial charge in [-0.1, -0.05) is 5.16 Å². The molecule has 25 heavy (non-hydrogen) atoms. The molecular weight excluding hydrogens is 360 g/mol. The van der Waals surface area contributed by atoms with Gasteiger partial charge in [-0.25, -0.2) is 8.42 Å². The first-order valence-corrected chi connectivity index (χ1v) is 10.1. The Kier molecular flexibility index (Phi) is 4.81. The number of rotatable bonds is 6. The topological polar surface area (TPSA) is 81.2 Å². The quantitative estimate of drug-likeness (QED) is 0.656. The third-order valence-electron chi connectivity index (χ3n) is 3.92. The molecule has 7 nitrogen and oxygen atoms in total. The lowest BCUT2D eigenvalue weighted by Crippen LogP contribution is -2.26. The normalized spacial score (nSPS) is 12.2. The fourth-order valence-corrected chi connectivity index (χ4v) is 4.96. The van der Waals surface area contributed by atoms with Gasteiger partial charge in [-0.2, -0.15) is 9.40 Å². The summed E-state index contributed by atoms with van der Waals surface area (Å²) in [6, 6.07) is 3.41. The minimum absolute atomic E-state index is 0.277. The van der Waals surface area contributed by atoms with Crippen molar-refractivity contribution >= 4 is 21.4 Å². The zero-order chi connectivity index (χ0) is 18.2. The van der Waals surface area contributed by atoms with E-state index in [9.17, 15) is 8.42 Å². The van der Waals surface area contributed by atoms with Gasteiger partial charge in [-0.05, 0) is 26.8 Å². The third kappa shape index (κ3) is 3.53. The van der Waals surface area contributed by atoms with Gasteiger partial charge in [0.1, 0.15) is 4.21 Å². The van der Waals surface area contributed by atoms with E-state index in [1.165, 1.54) is 15.6 Å². The molecule has 0 saturated carbocycles. The summed E-state index contributed by atoms with van der Waals surface area (Å²) >= 11 is 1.18. The smallest absolute Gasteiger partial charge is 0.252 e. The molecular formula is C16H20N4O3S2. The predicted octanol–water partition coefficient (Wildman–Crippen LogP) is 3.06. The average molecular weight is 380 g/mol. The van der Waals surface area contributed by atoms with Gasteiger partial charge in [-0.15, -0.1) is 11.3 Å². The molecule has 0 amide bonds. The van der Waals surface area contributed by atoms with Crippen LogP contribution >= 0.6 is 11.3 Å². The summed E-state index contributed by atoms with van der Waals surface area (Å²) in [5, 5.41) is 9.96. The van der Waals surface area contributed by atoms with Gasteiger partial charge in [-0.3, -0.25) is 4.68 Å². The summed E-state index contributed by atoms with van der Waals surface area (Å²) in [7, 11) is -2.00. The Balaban J connectivity index is 1.83. The Morgan fingerprint density at radius 2 is 2.08 bits per heavy atom. The fraction of sp³-hybridized carbons (Fsp3) is 0.375. The van der Waals surface area contributed by atoms with Crippen LogP contribution < -0.4 is 0 Å². The van der Waals surface area contributed by atoms with Crippen LogP contribution in [0.4, 0.5) is 0 Å². The highest BCUT2D eigenvalue weighted by Crippen LogP contribution is 2.30. The van der Waals surface area contributed by atoms with E-state index in [0.717, 1.165) is 23.5 Å². The second-order valence-electron chi connectivity index (χ2n) is 5.84. The van der Waals surface area contributed by atoms with Gasteiger partial charge < -0.3 is 4.52 Å². The molecule has 0 saturated heterocycles. The Labute approximate surface area is 150 Å². The van der Waals surface area contributed by atoms with Crippen LogP contribution in [0.2, 0.25) is 0 Å². The highest BCUT2D eigenvalue weighted by atomic mass is 32.2. The Hall–Kier alpha value is -1.97. The highest BCUT2D eigenvalue weighted by molar-refractivity contribution is 7.91. The van der Waals surface area contributed by atoms with E-state index < -0.39 is 10.0 Å². The minimum atomic E-state index is -3.58. The summed E-state index contributed by atoms with van der Waals surface area (Å²) in [6.07, 6.45) is 1.89. The SMILES string of the molecule is CCn1cc(CN(C)S(=O)(=O)c2cc(-c3cc(C)no3)cs2)c(C)n1. The number of hydrogen-bond donors (Lipinski definition) is 0. The zero-order valence-electron chi connectivity index (χ0n) is 14.6. The molecule has 0 aliphatic rings. The fourth-order valence-electron chi connectivity index (χ4n) is 2.44.